The van der Waals surface area contributed by atoms with Crippen molar-refractivity contribution in [1.29, 1.82) is 0 Å². The zero-order valence-electron chi connectivity index (χ0n) is 17.5. The number of aryl methyl sites for hydroxylation is 3. The van der Waals surface area contributed by atoms with Gasteiger partial charge in [0.05, 0.1) is 18.8 Å². The molecule has 29 heavy (non-hydrogen) atoms. The van der Waals surface area contributed by atoms with Crippen molar-refractivity contribution in [1.82, 2.24) is 0 Å². The van der Waals surface area contributed by atoms with Crippen LogP contribution < -0.4 is 10.1 Å². The van der Waals surface area contributed by atoms with Gasteiger partial charge in [-0.2, -0.15) is 0 Å². The van der Waals surface area contributed by atoms with Crippen LogP contribution in [0, 0.1) is 20.8 Å². The molecule has 1 heterocycles. The summed E-state index contributed by atoms with van der Waals surface area (Å²) >= 11 is 0. The zero-order valence-corrected chi connectivity index (χ0v) is 17.5. The number of anilines is 1. The number of amides is 1. The van der Waals surface area contributed by atoms with Crippen molar-refractivity contribution in [3.8, 4) is 5.75 Å². The topological polar surface area (TPSA) is 94.8 Å². The Morgan fingerprint density at radius 1 is 1.07 bits per heavy atom. The second-order valence-corrected chi connectivity index (χ2v) is 6.74. The number of esters is 1. The van der Waals surface area contributed by atoms with E-state index in [2.05, 4.69) is 5.32 Å². The van der Waals surface area contributed by atoms with Gasteiger partial charge < -0.3 is 13.9 Å². The lowest BCUT2D eigenvalue weighted by Gasteiger charge is -2.11. The maximum Gasteiger partial charge on any atom is 0.344 e. The maximum absolute atomic E-state index is 12.3. The fourth-order valence-electron chi connectivity index (χ4n) is 3.08. The number of hydrogen-bond acceptors (Lipinski definition) is 6. The molecule has 156 valence electrons. The fraction of sp³-hybridized carbons (Fsp3) is 0.409. The monoisotopic (exact) mass is 401 g/mol. The zero-order chi connectivity index (χ0) is 21.6. The highest BCUT2D eigenvalue weighted by Crippen LogP contribution is 2.29. The van der Waals surface area contributed by atoms with Crippen LogP contribution in [0.5, 0.6) is 5.75 Å². The summed E-state index contributed by atoms with van der Waals surface area (Å²) in [5, 5.41) is 2.57. The number of nitrogens with one attached hydrogen (secondary N) is 1. The van der Waals surface area contributed by atoms with Gasteiger partial charge in [-0.3, -0.25) is 14.9 Å². The van der Waals surface area contributed by atoms with E-state index in [-0.39, 0.29) is 47.5 Å². The first kappa shape index (κ1) is 22.2. The van der Waals surface area contributed by atoms with Crippen LogP contribution in [0.15, 0.2) is 22.6 Å². The first-order valence-corrected chi connectivity index (χ1v) is 9.56. The Balaban J connectivity index is 2.01. The average molecular weight is 401 g/mol. The van der Waals surface area contributed by atoms with Gasteiger partial charge in [0.15, 0.2) is 5.78 Å². The Morgan fingerprint density at radius 2 is 1.72 bits per heavy atom. The van der Waals surface area contributed by atoms with E-state index in [1.165, 1.54) is 6.92 Å². The van der Waals surface area contributed by atoms with E-state index < -0.39 is 5.97 Å². The van der Waals surface area contributed by atoms with E-state index in [1.807, 2.05) is 32.0 Å². The highest BCUT2D eigenvalue weighted by molar-refractivity contribution is 6.10. The smallest absolute Gasteiger partial charge is 0.344 e. The number of benzene rings is 1. The molecular weight excluding hydrogens is 374 g/mol. The predicted molar refractivity (Wildman–Crippen MR) is 109 cm³/mol. The molecule has 2 aromatic rings. The largest absolute Gasteiger partial charge is 0.493 e. The first-order valence-electron chi connectivity index (χ1n) is 9.56. The lowest BCUT2D eigenvalue weighted by Crippen LogP contribution is -2.16. The van der Waals surface area contributed by atoms with Crippen LogP contribution in [0.4, 0.5) is 5.88 Å². The maximum atomic E-state index is 12.3. The molecule has 0 aliphatic rings. The van der Waals surface area contributed by atoms with Crippen LogP contribution in [-0.2, 0) is 9.53 Å². The molecular formula is C22H27NO6. The molecule has 2 rings (SSSR count). The minimum absolute atomic E-state index is 0.0445. The summed E-state index contributed by atoms with van der Waals surface area (Å²) in [5.74, 6) is -0.365. The number of ketones is 1. The highest BCUT2D eigenvalue weighted by atomic mass is 16.5. The first-order chi connectivity index (χ1) is 13.8. The number of hydrogen-bond donors (Lipinski definition) is 1. The minimum atomic E-state index is -0.705. The average Bonchev–Trinajstić information content (AvgIpc) is 2.96. The molecule has 0 radical (unpaired) electrons. The third kappa shape index (κ3) is 5.47. The van der Waals surface area contributed by atoms with Crippen molar-refractivity contribution in [3.63, 3.8) is 0 Å². The van der Waals surface area contributed by atoms with Gasteiger partial charge in [0.25, 0.3) is 0 Å². The molecule has 1 amide bonds. The molecule has 0 spiro atoms. The van der Waals surface area contributed by atoms with E-state index in [9.17, 15) is 14.4 Å². The van der Waals surface area contributed by atoms with Crippen LogP contribution in [0.2, 0.25) is 0 Å². The Morgan fingerprint density at radius 3 is 2.31 bits per heavy atom. The molecule has 1 aromatic carbocycles. The van der Waals surface area contributed by atoms with E-state index in [4.69, 9.17) is 13.9 Å². The van der Waals surface area contributed by atoms with Crippen molar-refractivity contribution in [2.24, 2.45) is 0 Å². The summed E-state index contributed by atoms with van der Waals surface area (Å²) < 4.78 is 16.3. The second kappa shape index (κ2) is 9.91. The molecule has 0 aliphatic carbocycles. The number of rotatable bonds is 9. The van der Waals surface area contributed by atoms with Crippen LogP contribution in [0.25, 0.3) is 0 Å². The standard InChI is InChI=1S/C22H27NO6/c1-6-27-22(26)19-18(15(4)24)16(5)29-21(19)23-17(25)11-8-12-28-20-13(2)9-7-10-14(20)3/h7,9-10H,6,8,11-12H2,1-5H3,(H,23,25). The third-order valence-electron chi connectivity index (χ3n) is 4.37. The second-order valence-electron chi connectivity index (χ2n) is 6.74. The van der Waals surface area contributed by atoms with Crippen molar-refractivity contribution in [2.75, 3.05) is 18.5 Å². The van der Waals surface area contributed by atoms with Crippen LogP contribution in [0.3, 0.4) is 0 Å². The van der Waals surface area contributed by atoms with E-state index >= 15 is 0 Å². The Kier molecular flexibility index (Phi) is 7.59. The lowest BCUT2D eigenvalue weighted by atomic mass is 10.1. The summed E-state index contributed by atoms with van der Waals surface area (Å²) in [4.78, 5) is 36.5. The molecule has 0 unspecified atom stereocenters. The molecule has 0 saturated carbocycles. The molecule has 0 fully saturated rings. The molecule has 0 bridgehead atoms. The van der Waals surface area contributed by atoms with Crippen LogP contribution in [-0.4, -0.2) is 30.9 Å². The fourth-order valence-corrected chi connectivity index (χ4v) is 3.08. The van der Waals surface area contributed by atoms with Gasteiger partial charge >= 0.3 is 5.97 Å². The number of ether oxygens (including phenoxy) is 2. The SMILES string of the molecule is CCOC(=O)c1c(NC(=O)CCCOc2c(C)cccc2C)oc(C)c1C(C)=O. The molecule has 0 saturated heterocycles. The Hall–Kier alpha value is -3.09. The molecule has 1 N–H and O–H groups in total. The number of carbonyl (C=O) groups is 3. The van der Waals surface area contributed by atoms with Gasteiger partial charge in [-0.1, -0.05) is 18.2 Å². The Bertz CT molecular complexity index is 892. The summed E-state index contributed by atoms with van der Waals surface area (Å²) in [6.07, 6.45) is 0.649. The molecule has 0 aliphatic heterocycles. The number of Topliss-reactive ketones (excluding diaryl/α,β-unsaturated/α-hetero) is 1. The molecule has 0 atom stereocenters. The Labute approximate surface area is 170 Å². The van der Waals surface area contributed by atoms with E-state index in [0.29, 0.717) is 13.0 Å². The van der Waals surface area contributed by atoms with Gasteiger partial charge in [0.2, 0.25) is 11.8 Å². The van der Waals surface area contributed by atoms with Gasteiger partial charge in [-0.15, -0.1) is 0 Å². The highest BCUT2D eigenvalue weighted by Gasteiger charge is 2.28. The van der Waals surface area contributed by atoms with Crippen LogP contribution >= 0.6 is 0 Å². The number of furan rings is 1. The summed E-state index contributed by atoms with van der Waals surface area (Å²) in [6.45, 7) is 9.01. The summed E-state index contributed by atoms with van der Waals surface area (Å²) in [5.41, 5.74) is 2.15. The van der Waals surface area contributed by atoms with E-state index in [1.54, 1.807) is 13.8 Å². The van der Waals surface area contributed by atoms with Gasteiger partial charge in [-0.25, -0.2) is 4.79 Å². The lowest BCUT2D eigenvalue weighted by molar-refractivity contribution is -0.116. The van der Waals surface area contributed by atoms with Gasteiger partial charge in [0, 0.05) is 6.42 Å². The van der Waals surface area contributed by atoms with E-state index in [0.717, 1.165) is 16.9 Å². The molecule has 7 nitrogen and oxygen atoms in total. The van der Waals surface area contributed by atoms with Crippen LogP contribution in [0.1, 0.15) is 64.3 Å². The number of carbonyl (C=O) groups excluding carboxylic acids is 3. The minimum Gasteiger partial charge on any atom is -0.493 e. The van der Waals surface area contributed by atoms with Gasteiger partial charge in [-0.05, 0) is 52.2 Å². The van der Waals surface area contributed by atoms with Crippen molar-refractivity contribution >= 4 is 23.5 Å². The predicted octanol–water partition coefficient (Wildman–Crippen LogP) is 4.38. The van der Waals surface area contributed by atoms with Crippen molar-refractivity contribution in [2.45, 2.75) is 47.5 Å². The number of para-hydroxylation sites is 1. The summed E-state index contributed by atoms with van der Waals surface area (Å²) in [6, 6.07) is 5.91. The van der Waals surface area contributed by atoms with Gasteiger partial charge in [0.1, 0.15) is 17.1 Å². The van der Waals surface area contributed by atoms with Crippen molar-refractivity contribution < 1.29 is 28.3 Å². The molecule has 1 aromatic heterocycles. The van der Waals surface area contributed by atoms with Crippen molar-refractivity contribution in [3.05, 3.63) is 46.2 Å². The third-order valence-corrected chi connectivity index (χ3v) is 4.37. The molecule has 7 heteroatoms. The normalized spacial score (nSPS) is 10.5. The summed E-state index contributed by atoms with van der Waals surface area (Å²) in [7, 11) is 0. The quantitative estimate of drug-likeness (QED) is 0.381.